The van der Waals surface area contributed by atoms with Gasteiger partial charge in [-0.1, -0.05) is 13.8 Å². The Morgan fingerprint density at radius 1 is 1.33 bits per heavy atom. The van der Waals surface area contributed by atoms with Gasteiger partial charge in [0.2, 0.25) is 10.0 Å². The zero-order valence-electron chi connectivity index (χ0n) is 12.9. The summed E-state index contributed by atoms with van der Waals surface area (Å²) in [5.74, 6) is -0.207. The van der Waals surface area contributed by atoms with Crippen molar-refractivity contribution in [2.45, 2.75) is 31.2 Å². The average Bonchev–Trinajstić information content (AvgIpc) is 2.24. The summed E-state index contributed by atoms with van der Waals surface area (Å²) in [7, 11) is -0.000869. The number of nitrogens with one attached hydrogen (secondary N) is 1. The van der Waals surface area contributed by atoms with Gasteiger partial charge in [-0.25, -0.2) is 17.5 Å². The molecule has 5 nitrogen and oxygen atoms in total. The fraction of sp³-hybridized carbons (Fsp3) is 0.571. The molecule has 1 atom stereocenters. The van der Waals surface area contributed by atoms with Crippen molar-refractivity contribution in [2.75, 3.05) is 26.4 Å². The first-order valence-electron chi connectivity index (χ1n) is 6.84. The van der Waals surface area contributed by atoms with Crippen LogP contribution in [0, 0.1) is 11.7 Å². The molecule has 0 heterocycles. The summed E-state index contributed by atoms with van der Waals surface area (Å²) in [5, 5.41) is 0. The third-order valence-corrected chi connectivity index (χ3v) is 4.52. The monoisotopic (exact) mass is 317 g/mol. The topological polar surface area (TPSA) is 75.4 Å². The van der Waals surface area contributed by atoms with E-state index in [4.69, 9.17) is 5.73 Å². The second-order valence-corrected chi connectivity index (χ2v) is 7.57. The molecule has 0 saturated carbocycles. The van der Waals surface area contributed by atoms with Crippen LogP contribution in [-0.2, 0) is 10.0 Å². The van der Waals surface area contributed by atoms with E-state index in [0.717, 1.165) is 12.1 Å². The summed E-state index contributed by atoms with van der Waals surface area (Å²) in [6, 6.07) is 3.07. The smallest absolute Gasteiger partial charge is 0.242 e. The Morgan fingerprint density at radius 2 is 1.95 bits per heavy atom. The lowest BCUT2D eigenvalue weighted by Gasteiger charge is -2.24. The van der Waals surface area contributed by atoms with Crippen molar-refractivity contribution in [3.8, 4) is 0 Å². The number of hydrogen-bond acceptors (Lipinski definition) is 4. The summed E-state index contributed by atoms with van der Waals surface area (Å²) < 4.78 is 40.5. The summed E-state index contributed by atoms with van der Waals surface area (Å²) in [6.45, 7) is 4.64. The van der Waals surface area contributed by atoms with Crippen LogP contribution in [0.3, 0.4) is 0 Å². The third kappa shape index (κ3) is 5.61. The summed E-state index contributed by atoms with van der Waals surface area (Å²) >= 11 is 0. The number of anilines is 1. The van der Waals surface area contributed by atoms with Crippen molar-refractivity contribution in [1.82, 2.24) is 9.62 Å². The van der Waals surface area contributed by atoms with E-state index < -0.39 is 15.8 Å². The minimum absolute atomic E-state index is 0.0867. The Bertz CT molecular complexity index is 564. The first-order valence-corrected chi connectivity index (χ1v) is 8.32. The van der Waals surface area contributed by atoms with E-state index in [0.29, 0.717) is 18.9 Å². The quantitative estimate of drug-likeness (QED) is 0.750. The first-order chi connectivity index (χ1) is 9.61. The zero-order valence-corrected chi connectivity index (χ0v) is 13.7. The summed E-state index contributed by atoms with van der Waals surface area (Å²) in [6.07, 6.45) is 0.707. The van der Waals surface area contributed by atoms with Crippen LogP contribution in [0.1, 0.15) is 20.3 Å². The Kier molecular flexibility index (Phi) is 6.12. The van der Waals surface area contributed by atoms with E-state index in [-0.39, 0.29) is 16.6 Å². The lowest BCUT2D eigenvalue weighted by atomic mass is 10.0. The van der Waals surface area contributed by atoms with Crippen molar-refractivity contribution in [2.24, 2.45) is 5.92 Å². The molecule has 1 rings (SSSR count). The van der Waals surface area contributed by atoms with E-state index in [1.165, 1.54) is 6.07 Å². The molecule has 3 N–H and O–H groups in total. The SMILES string of the molecule is CC(C)CC(CN(C)C)NS(=O)(=O)c1ccc(F)cc1N. The number of nitrogen functional groups attached to an aromatic ring is 1. The van der Waals surface area contributed by atoms with Crippen LogP contribution in [0.25, 0.3) is 0 Å². The maximum atomic E-state index is 13.0. The Balaban J connectivity index is 2.99. The van der Waals surface area contributed by atoms with Crippen molar-refractivity contribution >= 4 is 15.7 Å². The fourth-order valence-electron chi connectivity index (χ4n) is 2.22. The van der Waals surface area contributed by atoms with Crippen LogP contribution >= 0.6 is 0 Å². The highest BCUT2D eigenvalue weighted by Gasteiger charge is 2.23. The maximum Gasteiger partial charge on any atom is 0.242 e. The van der Waals surface area contributed by atoms with Gasteiger partial charge in [-0.2, -0.15) is 0 Å². The van der Waals surface area contributed by atoms with Gasteiger partial charge in [0.1, 0.15) is 10.7 Å². The molecule has 0 aliphatic rings. The van der Waals surface area contributed by atoms with Crippen LogP contribution in [0.15, 0.2) is 23.1 Å². The maximum absolute atomic E-state index is 13.0. The molecule has 1 unspecified atom stereocenters. The van der Waals surface area contributed by atoms with E-state index in [1.807, 2.05) is 32.8 Å². The fourth-order valence-corrected chi connectivity index (χ4v) is 3.57. The molecule has 0 fully saturated rings. The van der Waals surface area contributed by atoms with Gasteiger partial charge in [-0.3, -0.25) is 0 Å². The van der Waals surface area contributed by atoms with Gasteiger partial charge in [-0.15, -0.1) is 0 Å². The van der Waals surface area contributed by atoms with Gasteiger partial charge in [0.05, 0.1) is 5.69 Å². The standard InChI is InChI=1S/C14H24FN3O2S/c1-10(2)7-12(9-18(3)4)17-21(19,20)14-6-5-11(15)8-13(14)16/h5-6,8,10,12,17H,7,9,16H2,1-4H3. The predicted octanol–water partition coefficient (Wildman–Crippen LogP) is 1.66. The molecule has 0 radical (unpaired) electrons. The molecule has 0 aliphatic carbocycles. The van der Waals surface area contributed by atoms with Crippen LogP contribution in [0.4, 0.5) is 10.1 Å². The number of benzene rings is 1. The van der Waals surface area contributed by atoms with Crippen LogP contribution < -0.4 is 10.5 Å². The molecule has 0 saturated heterocycles. The summed E-state index contributed by atoms with van der Waals surface area (Å²) in [5.41, 5.74) is 5.53. The lowest BCUT2D eigenvalue weighted by Crippen LogP contribution is -2.42. The first kappa shape index (κ1) is 17.9. The Morgan fingerprint density at radius 3 is 2.43 bits per heavy atom. The van der Waals surface area contributed by atoms with Crippen molar-refractivity contribution in [3.05, 3.63) is 24.0 Å². The number of halogens is 1. The zero-order chi connectivity index (χ0) is 16.2. The molecule has 21 heavy (non-hydrogen) atoms. The summed E-state index contributed by atoms with van der Waals surface area (Å²) in [4.78, 5) is 1.83. The van der Waals surface area contributed by atoms with E-state index in [1.54, 1.807) is 0 Å². The molecule has 0 spiro atoms. The van der Waals surface area contributed by atoms with E-state index in [2.05, 4.69) is 4.72 Å². The average molecular weight is 317 g/mol. The van der Waals surface area contributed by atoms with Crippen LogP contribution in [0.5, 0.6) is 0 Å². The minimum Gasteiger partial charge on any atom is -0.398 e. The number of rotatable bonds is 7. The Hall–Kier alpha value is -1.18. The van der Waals surface area contributed by atoms with Gasteiger partial charge in [0.15, 0.2) is 0 Å². The minimum atomic E-state index is -3.77. The lowest BCUT2D eigenvalue weighted by molar-refractivity contribution is 0.329. The molecule has 1 aromatic rings. The highest BCUT2D eigenvalue weighted by Crippen LogP contribution is 2.20. The third-order valence-electron chi connectivity index (χ3n) is 2.92. The van der Waals surface area contributed by atoms with E-state index >= 15 is 0 Å². The number of likely N-dealkylation sites (N-methyl/N-ethyl adjacent to an activating group) is 1. The molecule has 0 aromatic heterocycles. The molecular weight excluding hydrogens is 293 g/mol. The number of nitrogens with zero attached hydrogens (tertiary/aromatic N) is 1. The van der Waals surface area contributed by atoms with Crippen molar-refractivity contribution in [1.29, 1.82) is 0 Å². The van der Waals surface area contributed by atoms with Crippen LogP contribution in [0.2, 0.25) is 0 Å². The van der Waals surface area contributed by atoms with Gasteiger partial charge >= 0.3 is 0 Å². The molecule has 0 aliphatic heterocycles. The van der Waals surface area contributed by atoms with Gasteiger partial charge in [0.25, 0.3) is 0 Å². The van der Waals surface area contributed by atoms with Crippen molar-refractivity contribution < 1.29 is 12.8 Å². The second-order valence-electron chi connectivity index (χ2n) is 5.89. The van der Waals surface area contributed by atoms with E-state index in [9.17, 15) is 12.8 Å². The highest BCUT2D eigenvalue weighted by molar-refractivity contribution is 7.89. The van der Waals surface area contributed by atoms with Crippen LogP contribution in [-0.4, -0.2) is 40.0 Å². The van der Waals surface area contributed by atoms with Crippen molar-refractivity contribution in [3.63, 3.8) is 0 Å². The number of hydrogen-bond donors (Lipinski definition) is 2. The molecule has 1 aromatic carbocycles. The Labute approximate surface area is 126 Å². The predicted molar refractivity (Wildman–Crippen MR) is 82.9 cm³/mol. The molecule has 7 heteroatoms. The highest BCUT2D eigenvalue weighted by atomic mass is 32.2. The number of nitrogens with two attached hydrogens (primary N) is 1. The van der Waals surface area contributed by atoms with Gasteiger partial charge < -0.3 is 10.6 Å². The van der Waals surface area contributed by atoms with Gasteiger partial charge in [0, 0.05) is 12.6 Å². The molecule has 120 valence electrons. The number of sulfonamides is 1. The second kappa shape index (κ2) is 7.20. The molecular formula is C14H24FN3O2S. The largest absolute Gasteiger partial charge is 0.398 e. The normalized spacial score (nSPS) is 13.9. The van der Waals surface area contributed by atoms with Gasteiger partial charge in [-0.05, 0) is 44.6 Å². The molecule has 0 bridgehead atoms. The molecule has 0 amide bonds.